The molecule has 5 heteroatoms. The number of carbonyl (C=O) groups excluding carboxylic acids is 1. The largest absolute Gasteiger partial charge is 0.342 e. The zero-order valence-electron chi connectivity index (χ0n) is 7.04. The van der Waals surface area contributed by atoms with Gasteiger partial charge in [-0.2, -0.15) is 17.0 Å². The van der Waals surface area contributed by atoms with Crippen molar-refractivity contribution in [1.82, 2.24) is 5.32 Å². The first-order valence-electron chi connectivity index (χ1n) is 3.61. The van der Waals surface area contributed by atoms with Crippen LogP contribution in [0.2, 0.25) is 0 Å². The SMILES string of the molecule is CSCC[C@@H](N)C(=O)NCC#N. The van der Waals surface area contributed by atoms with Crippen LogP contribution in [0.4, 0.5) is 0 Å². The molecule has 0 aromatic rings. The molecular formula is C7H13N3OS. The lowest BCUT2D eigenvalue weighted by Gasteiger charge is -2.08. The van der Waals surface area contributed by atoms with Crippen LogP contribution in [0.25, 0.3) is 0 Å². The van der Waals surface area contributed by atoms with Gasteiger partial charge in [-0.3, -0.25) is 4.79 Å². The number of amides is 1. The Labute approximate surface area is 76.5 Å². The summed E-state index contributed by atoms with van der Waals surface area (Å²) in [5.74, 6) is 0.617. The van der Waals surface area contributed by atoms with Crippen LogP contribution in [0, 0.1) is 11.3 Å². The zero-order valence-corrected chi connectivity index (χ0v) is 7.86. The first kappa shape index (κ1) is 11.3. The minimum Gasteiger partial charge on any atom is -0.342 e. The molecule has 1 atom stereocenters. The van der Waals surface area contributed by atoms with Crippen molar-refractivity contribution in [2.75, 3.05) is 18.6 Å². The number of nitrogens with one attached hydrogen (secondary N) is 1. The van der Waals surface area contributed by atoms with Crippen LogP contribution >= 0.6 is 11.8 Å². The molecule has 4 nitrogen and oxygen atoms in total. The topological polar surface area (TPSA) is 78.9 Å². The van der Waals surface area contributed by atoms with E-state index in [1.807, 2.05) is 12.3 Å². The van der Waals surface area contributed by atoms with Crippen LogP contribution in [0.5, 0.6) is 0 Å². The maximum absolute atomic E-state index is 11.0. The Balaban J connectivity index is 3.55. The van der Waals surface area contributed by atoms with Crippen LogP contribution in [0.1, 0.15) is 6.42 Å². The van der Waals surface area contributed by atoms with Gasteiger partial charge < -0.3 is 11.1 Å². The van der Waals surface area contributed by atoms with Crippen molar-refractivity contribution in [3.8, 4) is 6.07 Å². The second kappa shape index (κ2) is 6.95. The fourth-order valence-corrected chi connectivity index (χ4v) is 1.12. The average molecular weight is 187 g/mol. The van der Waals surface area contributed by atoms with E-state index < -0.39 is 6.04 Å². The second-order valence-electron chi connectivity index (χ2n) is 2.26. The van der Waals surface area contributed by atoms with E-state index in [1.54, 1.807) is 11.8 Å². The lowest BCUT2D eigenvalue weighted by atomic mass is 10.2. The highest BCUT2D eigenvalue weighted by molar-refractivity contribution is 7.98. The van der Waals surface area contributed by atoms with Crippen molar-refractivity contribution >= 4 is 17.7 Å². The third-order valence-corrected chi connectivity index (χ3v) is 1.96. The molecule has 3 N–H and O–H groups in total. The van der Waals surface area contributed by atoms with E-state index in [-0.39, 0.29) is 12.5 Å². The van der Waals surface area contributed by atoms with E-state index in [4.69, 9.17) is 11.0 Å². The van der Waals surface area contributed by atoms with Crippen molar-refractivity contribution in [2.24, 2.45) is 5.73 Å². The summed E-state index contributed by atoms with van der Waals surface area (Å²) >= 11 is 1.65. The summed E-state index contributed by atoms with van der Waals surface area (Å²) in [7, 11) is 0. The third-order valence-electron chi connectivity index (χ3n) is 1.31. The van der Waals surface area contributed by atoms with Gasteiger partial charge in [-0.1, -0.05) is 0 Å². The molecule has 0 saturated heterocycles. The minimum absolute atomic E-state index is 0.0335. The number of rotatable bonds is 5. The Morgan fingerprint density at radius 3 is 3.00 bits per heavy atom. The van der Waals surface area contributed by atoms with Gasteiger partial charge in [0, 0.05) is 0 Å². The number of nitrogens with zero attached hydrogens (tertiary/aromatic N) is 1. The Kier molecular flexibility index (Phi) is 6.53. The molecule has 0 heterocycles. The van der Waals surface area contributed by atoms with E-state index >= 15 is 0 Å². The smallest absolute Gasteiger partial charge is 0.237 e. The molecule has 0 saturated carbocycles. The summed E-state index contributed by atoms with van der Waals surface area (Å²) in [5, 5.41) is 10.6. The molecule has 0 fully saturated rings. The van der Waals surface area contributed by atoms with Crippen molar-refractivity contribution in [1.29, 1.82) is 5.26 Å². The van der Waals surface area contributed by atoms with E-state index in [1.165, 1.54) is 0 Å². The predicted molar refractivity (Wildman–Crippen MR) is 49.6 cm³/mol. The van der Waals surface area contributed by atoms with Crippen LogP contribution in [-0.4, -0.2) is 30.5 Å². The lowest BCUT2D eigenvalue weighted by molar-refractivity contribution is -0.122. The first-order valence-corrected chi connectivity index (χ1v) is 5.01. The molecule has 0 rings (SSSR count). The highest BCUT2D eigenvalue weighted by atomic mass is 32.2. The number of thioether (sulfide) groups is 1. The Hall–Kier alpha value is -0.730. The summed E-state index contributed by atoms with van der Waals surface area (Å²) < 4.78 is 0. The molecule has 0 aliphatic carbocycles. The van der Waals surface area contributed by atoms with Crippen LogP contribution in [-0.2, 0) is 4.79 Å². The molecule has 1 amide bonds. The number of hydrogen-bond donors (Lipinski definition) is 2. The monoisotopic (exact) mass is 187 g/mol. The number of carbonyl (C=O) groups is 1. The van der Waals surface area contributed by atoms with Crippen molar-refractivity contribution in [3.05, 3.63) is 0 Å². The molecule has 12 heavy (non-hydrogen) atoms. The van der Waals surface area contributed by atoms with Gasteiger partial charge in [0.25, 0.3) is 0 Å². The number of hydrogen-bond acceptors (Lipinski definition) is 4. The Bertz CT molecular complexity index is 178. The van der Waals surface area contributed by atoms with Gasteiger partial charge in [0.1, 0.15) is 6.54 Å². The van der Waals surface area contributed by atoms with Gasteiger partial charge in [-0.25, -0.2) is 0 Å². The van der Waals surface area contributed by atoms with Gasteiger partial charge in [0.05, 0.1) is 12.1 Å². The number of nitriles is 1. The zero-order chi connectivity index (χ0) is 9.40. The van der Waals surface area contributed by atoms with Gasteiger partial charge in [-0.15, -0.1) is 0 Å². The maximum Gasteiger partial charge on any atom is 0.237 e. The van der Waals surface area contributed by atoms with Crippen LogP contribution < -0.4 is 11.1 Å². The summed E-state index contributed by atoms with van der Waals surface area (Å²) in [6.45, 7) is 0.0335. The van der Waals surface area contributed by atoms with Crippen LogP contribution in [0.15, 0.2) is 0 Å². The van der Waals surface area contributed by atoms with Crippen molar-refractivity contribution in [3.63, 3.8) is 0 Å². The predicted octanol–water partition coefficient (Wildman–Crippen LogP) is -0.293. The lowest BCUT2D eigenvalue weighted by Crippen LogP contribution is -2.41. The first-order chi connectivity index (χ1) is 5.72. The molecule has 0 aromatic heterocycles. The molecule has 0 aromatic carbocycles. The van der Waals surface area contributed by atoms with Gasteiger partial charge in [-0.05, 0) is 18.4 Å². The quantitative estimate of drug-likeness (QED) is 0.579. The molecule has 0 radical (unpaired) electrons. The molecule has 0 unspecified atom stereocenters. The van der Waals surface area contributed by atoms with E-state index in [2.05, 4.69) is 5.32 Å². The Morgan fingerprint density at radius 1 is 1.83 bits per heavy atom. The molecule has 0 spiro atoms. The van der Waals surface area contributed by atoms with Gasteiger partial charge in [0.2, 0.25) is 5.91 Å². The second-order valence-corrected chi connectivity index (χ2v) is 3.25. The summed E-state index contributed by atoms with van der Waals surface area (Å²) in [6, 6.07) is 1.34. The fourth-order valence-electron chi connectivity index (χ4n) is 0.634. The highest BCUT2D eigenvalue weighted by Crippen LogP contribution is 1.98. The molecule has 0 bridgehead atoms. The summed E-state index contributed by atoms with van der Waals surface area (Å²) in [6.07, 6.45) is 2.61. The molecular weight excluding hydrogens is 174 g/mol. The van der Waals surface area contributed by atoms with E-state index in [0.29, 0.717) is 6.42 Å². The Morgan fingerprint density at radius 2 is 2.50 bits per heavy atom. The van der Waals surface area contributed by atoms with Crippen molar-refractivity contribution < 1.29 is 4.79 Å². The van der Waals surface area contributed by atoms with Crippen molar-refractivity contribution in [2.45, 2.75) is 12.5 Å². The van der Waals surface area contributed by atoms with Crippen LogP contribution in [0.3, 0.4) is 0 Å². The summed E-state index contributed by atoms with van der Waals surface area (Å²) in [4.78, 5) is 11.0. The van der Waals surface area contributed by atoms with Gasteiger partial charge >= 0.3 is 0 Å². The van der Waals surface area contributed by atoms with Gasteiger partial charge in [0.15, 0.2) is 0 Å². The maximum atomic E-state index is 11.0. The number of nitrogens with two attached hydrogens (primary N) is 1. The molecule has 0 aliphatic rings. The molecule has 68 valence electrons. The normalized spacial score (nSPS) is 11.8. The molecule has 0 aliphatic heterocycles. The third kappa shape index (κ3) is 4.99. The van der Waals surface area contributed by atoms with E-state index in [9.17, 15) is 4.79 Å². The highest BCUT2D eigenvalue weighted by Gasteiger charge is 2.11. The average Bonchev–Trinajstić information content (AvgIpc) is 2.10. The minimum atomic E-state index is -0.481. The standard InChI is InChI=1S/C7H13N3OS/c1-12-5-2-6(9)7(11)10-4-3-8/h6H,2,4-5,9H2,1H3,(H,10,11)/t6-/m1/s1. The fraction of sp³-hybridized carbons (Fsp3) is 0.714. The van der Waals surface area contributed by atoms with E-state index in [0.717, 1.165) is 5.75 Å². The summed E-state index contributed by atoms with van der Waals surface area (Å²) in [5.41, 5.74) is 5.51.